The molecule has 0 saturated heterocycles. The van der Waals surface area contributed by atoms with E-state index in [1.54, 1.807) is 23.1 Å². The summed E-state index contributed by atoms with van der Waals surface area (Å²) >= 11 is 1.48. The van der Waals surface area contributed by atoms with E-state index >= 15 is 0 Å². The minimum atomic E-state index is -2.86. The fourth-order valence-corrected chi connectivity index (χ4v) is 3.60. The number of fused-ring (bicyclic) bond motifs is 1. The molecular formula is C21H20F2N2O2S. The van der Waals surface area contributed by atoms with Crippen LogP contribution in [0, 0.1) is 5.92 Å². The molecule has 0 bridgehead atoms. The van der Waals surface area contributed by atoms with Crippen LogP contribution in [-0.4, -0.2) is 24.0 Å². The maximum Gasteiger partial charge on any atom is 0.387 e. The van der Waals surface area contributed by atoms with Crippen LogP contribution in [0.2, 0.25) is 0 Å². The summed E-state index contributed by atoms with van der Waals surface area (Å²) in [6, 6.07) is 13.9. The van der Waals surface area contributed by atoms with Crippen molar-refractivity contribution in [2.45, 2.75) is 20.5 Å². The molecule has 0 N–H and O–H groups in total. The lowest BCUT2D eigenvalue weighted by Gasteiger charge is -2.20. The lowest BCUT2D eigenvalue weighted by molar-refractivity contribution is -0.114. The molecule has 0 unspecified atom stereocenters. The van der Waals surface area contributed by atoms with Crippen molar-refractivity contribution in [2.24, 2.45) is 5.92 Å². The third-order valence-electron chi connectivity index (χ3n) is 3.85. The van der Waals surface area contributed by atoms with Crippen molar-refractivity contribution in [1.29, 1.82) is 0 Å². The van der Waals surface area contributed by atoms with Gasteiger partial charge in [-0.15, -0.1) is 0 Å². The predicted octanol–water partition coefficient (Wildman–Crippen LogP) is 5.60. The Kier molecular flexibility index (Phi) is 6.36. The van der Waals surface area contributed by atoms with Gasteiger partial charge in [0.1, 0.15) is 5.75 Å². The molecule has 1 aromatic heterocycles. The molecule has 0 aliphatic rings. The van der Waals surface area contributed by atoms with E-state index in [1.807, 2.05) is 38.1 Å². The molecule has 0 spiro atoms. The Morgan fingerprint density at radius 2 is 1.89 bits per heavy atom. The first-order valence-corrected chi connectivity index (χ1v) is 9.64. The van der Waals surface area contributed by atoms with E-state index in [4.69, 9.17) is 0 Å². The SMILES string of the molecule is CC(C)CN(C(=O)/C=C/c1ccc(OC(F)F)cc1)c1nc2ccccc2s1. The number of halogens is 2. The fourth-order valence-electron chi connectivity index (χ4n) is 2.62. The molecule has 3 rings (SSSR count). The summed E-state index contributed by atoms with van der Waals surface area (Å²) in [6.45, 7) is 1.77. The second-order valence-corrected chi connectivity index (χ2v) is 7.60. The molecule has 0 fully saturated rings. The lowest BCUT2D eigenvalue weighted by atomic mass is 10.2. The summed E-state index contributed by atoms with van der Waals surface area (Å²) in [7, 11) is 0. The lowest BCUT2D eigenvalue weighted by Crippen LogP contribution is -2.32. The smallest absolute Gasteiger partial charge is 0.387 e. The number of nitrogens with zero attached hydrogens (tertiary/aromatic N) is 2. The highest BCUT2D eigenvalue weighted by atomic mass is 32.1. The predicted molar refractivity (Wildman–Crippen MR) is 109 cm³/mol. The van der Waals surface area contributed by atoms with Gasteiger partial charge < -0.3 is 4.74 Å². The van der Waals surface area contributed by atoms with Crippen LogP contribution < -0.4 is 9.64 Å². The number of ether oxygens (including phenoxy) is 1. The van der Waals surface area contributed by atoms with Gasteiger partial charge in [0.25, 0.3) is 5.91 Å². The van der Waals surface area contributed by atoms with Gasteiger partial charge in [-0.1, -0.05) is 49.4 Å². The number of hydrogen-bond acceptors (Lipinski definition) is 4. The quantitative estimate of drug-likeness (QED) is 0.483. The average molecular weight is 402 g/mol. The van der Waals surface area contributed by atoms with Crippen LogP contribution in [0.4, 0.5) is 13.9 Å². The molecule has 4 nitrogen and oxygen atoms in total. The van der Waals surface area contributed by atoms with Gasteiger partial charge in [0.15, 0.2) is 5.13 Å². The highest BCUT2D eigenvalue weighted by Gasteiger charge is 2.18. The summed E-state index contributed by atoms with van der Waals surface area (Å²) in [4.78, 5) is 19.1. The Hall–Kier alpha value is -2.80. The van der Waals surface area contributed by atoms with Crippen molar-refractivity contribution >= 4 is 38.7 Å². The molecule has 0 aliphatic heterocycles. The second kappa shape index (κ2) is 8.93. The Balaban J connectivity index is 1.78. The summed E-state index contributed by atoms with van der Waals surface area (Å²) in [5.74, 6) is 0.171. The van der Waals surface area contributed by atoms with Crippen molar-refractivity contribution in [3.05, 3.63) is 60.2 Å². The first kappa shape index (κ1) is 19.9. The molecule has 0 atom stereocenters. The van der Waals surface area contributed by atoms with Gasteiger partial charge in [-0.25, -0.2) is 4.98 Å². The zero-order chi connectivity index (χ0) is 20.1. The highest BCUT2D eigenvalue weighted by molar-refractivity contribution is 7.22. The zero-order valence-corrected chi connectivity index (χ0v) is 16.3. The molecule has 1 heterocycles. The van der Waals surface area contributed by atoms with Crippen molar-refractivity contribution in [1.82, 2.24) is 4.98 Å². The summed E-state index contributed by atoms with van der Waals surface area (Å²) in [5.41, 5.74) is 1.58. The molecule has 0 saturated carbocycles. The minimum absolute atomic E-state index is 0.0781. The monoisotopic (exact) mass is 402 g/mol. The van der Waals surface area contributed by atoms with Crippen LogP contribution in [0.1, 0.15) is 19.4 Å². The topological polar surface area (TPSA) is 42.4 Å². The number of alkyl halides is 2. The normalized spacial score (nSPS) is 11.6. The van der Waals surface area contributed by atoms with Gasteiger partial charge in [0.2, 0.25) is 0 Å². The Bertz CT molecular complexity index is 935. The number of thiazole rings is 1. The number of hydrogen-bond donors (Lipinski definition) is 0. The average Bonchev–Trinajstić information content (AvgIpc) is 3.08. The molecule has 7 heteroatoms. The van der Waals surface area contributed by atoms with E-state index in [2.05, 4.69) is 9.72 Å². The van der Waals surface area contributed by atoms with Crippen LogP contribution in [0.3, 0.4) is 0 Å². The molecular weight excluding hydrogens is 382 g/mol. The van der Waals surface area contributed by atoms with E-state index in [9.17, 15) is 13.6 Å². The standard InChI is InChI=1S/C21H20F2N2O2S/c1-14(2)13-25(21-24-17-5-3-4-6-18(17)28-21)19(26)12-9-15-7-10-16(11-8-15)27-20(22)23/h3-12,14,20H,13H2,1-2H3/b12-9+. The molecule has 146 valence electrons. The van der Waals surface area contributed by atoms with Crippen molar-refractivity contribution in [3.63, 3.8) is 0 Å². The summed E-state index contributed by atoms with van der Waals surface area (Å²) in [6.07, 6.45) is 3.12. The van der Waals surface area contributed by atoms with E-state index in [0.717, 1.165) is 10.2 Å². The maximum atomic E-state index is 12.8. The Morgan fingerprint density at radius 3 is 2.54 bits per heavy atom. The molecule has 0 radical (unpaired) electrons. The number of amides is 1. The number of carbonyl (C=O) groups excluding carboxylic acids is 1. The second-order valence-electron chi connectivity index (χ2n) is 6.59. The van der Waals surface area contributed by atoms with E-state index in [0.29, 0.717) is 17.2 Å². The summed E-state index contributed by atoms with van der Waals surface area (Å²) < 4.78 is 29.8. The first-order chi connectivity index (χ1) is 13.4. The molecule has 1 amide bonds. The minimum Gasteiger partial charge on any atom is -0.435 e. The van der Waals surface area contributed by atoms with Crippen LogP contribution >= 0.6 is 11.3 Å². The highest BCUT2D eigenvalue weighted by Crippen LogP contribution is 2.29. The number of carbonyl (C=O) groups is 1. The maximum absolute atomic E-state index is 12.8. The zero-order valence-electron chi connectivity index (χ0n) is 15.5. The van der Waals surface area contributed by atoms with Gasteiger partial charge in [0, 0.05) is 12.6 Å². The van der Waals surface area contributed by atoms with Crippen LogP contribution in [0.5, 0.6) is 5.75 Å². The number of aromatic nitrogens is 1. The molecule has 28 heavy (non-hydrogen) atoms. The van der Waals surface area contributed by atoms with Crippen LogP contribution in [0.15, 0.2) is 54.6 Å². The van der Waals surface area contributed by atoms with Crippen LogP contribution in [-0.2, 0) is 4.79 Å². The Morgan fingerprint density at radius 1 is 1.18 bits per heavy atom. The van der Waals surface area contributed by atoms with Gasteiger partial charge in [-0.2, -0.15) is 8.78 Å². The van der Waals surface area contributed by atoms with Crippen molar-refractivity contribution in [2.75, 3.05) is 11.4 Å². The number of para-hydroxylation sites is 1. The molecule has 0 aliphatic carbocycles. The largest absolute Gasteiger partial charge is 0.435 e. The number of rotatable bonds is 7. The first-order valence-electron chi connectivity index (χ1n) is 8.82. The number of anilines is 1. The summed E-state index contributed by atoms with van der Waals surface area (Å²) in [5, 5.41) is 0.658. The van der Waals surface area contributed by atoms with Crippen molar-refractivity contribution in [3.8, 4) is 5.75 Å². The van der Waals surface area contributed by atoms with Crippen molar-refractivity contribution < 1.29 is 18.3 Å². The third kappa shape index (κ3) is 5.13. The number of benzene rings is 2. The van der Waals surface area contributed by atoms with Gasteiger partial charge in [-0.05, 0) is 41.8 Å². The third-order valence-corrected chi connectivity index (χ3v) is 4.91. The van der Waals surface area contributed by atoms with E-state index in [1.165, 1.54) is 29.5 Å². The Labute approximate surface area is 166 Å². The molecule has 2 aromatic carbocycles. The van der Waals surface area contributed by atoms with E-state index in [-0.39, 0.29) is 17.6 Å². The van der Waals surface area contributed by atoms with E-state index < -0.39 is 6.61 Å². The van der Waals surface area contributed by atoms with Gasteiger partial charge >= 0.3 is 6.61 Å². The fraction of sp³-hybridized carbons (Fsp3) is 0.238. The van der Waals surface area contributed by atoms with Gasteiger partial charge in [0.05, 0.1) is 10.2 Å². The molecule has 3 aromatic rings. The van der Waals surface area contributed by atoms with Gasteiger partial charge in [-0.3, -0.25) is 9.69 Å². The van der Waals surface area contributed by atoms with Crippen LogP contribution in [0.25, 0.3) is 16.3 Å².